The molecule has 2 rings (SSSR count). The molecule has 0 saturated carbocycles. The maximum absolute atomic E-state index is 11.1. The normalized spacial score (nSPS) is 13.9. The van der Waals surface area contributed by atoms with E-state index < -0.39 is 5.60 Å². The van der Waals surface area contributed by atoms with Crippen molar-refractivity contribution in [3.8, 4) is 0 Å². The molecular formula is C17H18O. The van der Waals surface area contributed by atoms with E-state index in [2.05, 4.69) is 6.58 Å². The Bertz CT molecular complexity index is 557. The van der Waals surface area contributed by atoms with Crippen LogP contribution >= 0.6 is 0 Å². The molecule has 0 fully saturated rings. The summed E-state index contributed by atoms with van der Waals surface area (Å²) in [6.45, 7) is 7.84. The Morgan fingerprint density at radius 3 is 2.11 bits per heavy atom. The van der Waals surface area contributed by atoms with E-state index in [-0.39, 0.29) is 0 Å². The first-order valence-electron chi connectivity index (χ1n) is 6.07. The highest BCUT2D eigenvalue weighted by Gasteiger charge is 2.33. The summed E-state index contributed by atoms with van der Waals surface area (Å²) in [5, 5.41) is 11.1. The zero-order valence-electron chi connectivity index (χ0n) is 10.9. The second kappa shape index (κ2) is 4.79. The highest BCUT2D eigenvalue weighted by Crippen LogP contribution is 2.37. The second-order valence-corrected chi connectivity index (χ2v) is 4.67. The van der Waals surface area contributed by atoms with E-state index in [9.17, 15) is 5.11 Å². The second-order valence-electron chi connectivity index (χ2n) is 4.67. The zero-order chi connectivity index (χ0) is 13.2. The molecule has 0 aromatic heterocycles. The fourth-order valence-corrected chi connectivity index (χ4v) is 2.29. The van der Waals surface area contributed by atoms with Crippen LogP contribution in [0.25, 0.3) is 0 Å². The minimum Gasteiger partial charge on any atom is -0.376 e. The van der Waals surface area contributed by atoms with Gasteiger partial charge in [0.2, 0.25) is 0 Å². The van der Waals surface area contributed by atoms with Crippen LogP contribution in [0.1, 0.15) is 23.6 Å². The topological polar surface area (TPSA) is 20.2 Å². The lowest BCUT2D eigenvalue weighted by molar-refractivity contribution is 0.121. The number of aliphatic hydroxyl groups is 1. The summed E-state index contributed by atoms with van der Waals surface area (Å²) in [4.78, 5) is 0. The van der Waals surface area contributed by atoms with Gasteiger partial charge in [-0.05, 0) is 36.1 Å². The first-order chi connectivity index (χ1) is 8.56. The van der Waals surface area contributed by atoms with Gasteiger partial charge in [-0.15, -0.1) is 0 Å². The van der Waals surface area contributed by atoms with E-state index >= 15 is 0 Å². The van der Waals surface area contributed by atoms with Crippen LogP contribution < -0.4 is 0 Å². The van der Waals surface area contributed by atoms with E-state index in [0.29, 0.717) is 0 Å². The van der Waals surface area contributed by atoms with Crippen molar-refractivity contribution in [2.24, 2.45) is 0 Å². The highest BCUT2D eigenvalue weighted by molar-refractivity contribution is 5.46. The first-order valence-corrected chi connectivity index (χ1v) is 6.07. The fourth-order valence-electron chi connectivity index (χ4n) is 2.29. The summed E-state index contributed by atoms with van der Waals surface area (Å²) in [5.74, 6) is 0. The van der Waals surface area contributed by atoms with Crippen LogP contribution in [0.3, 0.4) is 0 Å². The number of benzene rings is 2. The van der Waals surface area contributed by atoms with Crippen molar-refractivity contribution in [1.82, 2.24) is 0 Å². The molecular weight excluding hydrogens is 220 g/mol. The quantitative estimate of drug-likeness (QED) is 0.806. The first kappa shape index (κ1) is 12.6. The minimum absolute atomic E-state index is 0.725. The third-order valence-corrected chi connectivity index (χ3v) is 3.34. The van der Waals surface area contributed by atoms with Crippen molar-refractivity contribution in [2.75, 3.05) is 0 Å². The molecule has 1 nitrogen and oxygen atoms in total. The van der Waals surface area contributed by atoms with Gasteiger partial charge < -0.3 is 5.11 Å². The maximum atomic E-state index is 11.1. The van der Waals surface area contributed by atoms with Gasteiger partial charge in [0.15, 0.2) is 0 Å². The lowest BCUT2D eigenvalue weighted by Crippen LogP contribution is -2.29. The SMILES string of the molecule is C=C(C)C(O)(c1ccccc1)c1ccccc1C. The zero-order valence-corrected chi connectivity index (χ0v) is 10.9. The highest BCUT2D eigenvalue weighted by atomic mass is 16.3. The Balaban J connectivity index is 2.67. The van der Waals surface area contributed by atoms with Crippen molar-refractivity contribution >= 4 is 0 Å². The molecule has 0 aliphatic heterocycles. The van der Waals surface area contributed by atoms with Crippen LogP contribution in [0, 0.1) is 6.92 Å². The Kier molecular flexibility index (Phi) is 3.35. The molecule has 2 aromatic carbocycles. The lowest BCUT2D eigenvalue weighted by atomic mass is 9.79. The van der Waals surface area contributed by atoms with E-state index in [1.54, 1.807) is 0 Å². The van der Waals surface area contributed by atoms with Crippen LogP contribution in [0.4, 0.5) is 0 Å². The van der Waals surface area contributed by atoms with E-state index in [1.165, 1.54) is 0 Å². The third kappa shape index (κ3) is 1.98. The van der Waals surface area contributed by atoms with Crippen molar-refractivity contribution < 1.29 is 5.11 Å². The van der Waals surface area contributed by atoms with Gasteiger partial charge in [-0.1, -0.05) is 61.2 Å². The molecule has 0 radical (unpaired) electrons. The minimum atomic E-state index is -1.12. The van der Waals surface area contributed by atoms with Gasteiger partial charge in [0, 0.05) is 0 Å². The van der Waals surface area contributed by atoms with Gasteiger partial charge in [0.25, 0.3) is 0 Å². The molecule has 1 atom stereocenters. The smallest absolute Gasteiger partial charge is 0.136 e. The molecule has 0 aliphatic carbocycles. The van der Waals surface area contributed by atoms with Gasteiger partial charge >= 0.3 is 0 Å². The molecule has 0 heterocycles. The summed E-state index contributed by atoms with van der Waals surface area (Å²) in [5.41, 5.74) is 2.41. The molecule has 1 unspecified atom stereocenters. The summed E-state index contributed by atoms with van der Waals surface area (Å²) >= 11 is 0. The average Bonchev–Trinajstić information content (AvgIpc) is 2.39. The number of rotatable bonds is 3. The van der Waals surface area contributed by atoms with Gasteiger partial charge in [-0.25, -0.2) is 0 Å². The van der Waals surface area contributed by atoms with Crippen LogP contribution in [-0.2, 0) is 5.60 Å². The number of hydrogen-bond donors (Lipinski definition) is 1. The van der Waals surface area contributed by atoms with Gasteiger partial charge in [-0.3, -0.25) is 0 Å². The molecule has 2 aromatic rings. The molecule has 18 heavy (non-hydrogen) atoms. The number of hydrogen-bond acceptors (Lipinski definition) is 1. The molecule has 0 bridgehead atoms. The average molecular weight is 238 g/mol. The molecule has 0 spiro atoms. The van der Waals surface area contributed by atoms with Crippen LogP contribution in [0.2, 0.25) is 0 Å². The predicted molar refractivity (Wildman–Crippen MR) is 75.4 cm³/mol. The summed E-state index contributed by atoms with van der Waals surface area (Å²) < 4.78 is 0. The van der Waals surface area contributed by atoms with Crippen molar-refractivity contribution in [2.45, 2.75) is 19.4 Å². The Morgan fingerprint density at radius 1 is 1.00 bits per heavy atom. The summed E-state index contributed by atoms with van der Waals surface area (Å²) in [6, 6.07) is 17.6. The largest absolute Gasteiger partial charge is 0.376 e. The third-order valence-electron chi connectivity index (χ3n) is 3.34. The summed E-state index contributed by atoms with van der Waals surface area (Å²) in [7, 11) is 0. The maximum Gasteiger partial charge on any atom is 0.136 e. The fraction of sp³-hybridized carbons (Fsp3) is 0.176. The van der Waals surface area contributed by atoms with Crippen molar-refractivity contribution in [3.05, 3.63) is 83.4 Å². The molecule has 0 saturated heterocycles. The standard InChI is InChI=1S/C17H18O/c1-13(2)17(18,15-10-5-4-6-11-15)16-12-8-7-9-14(16)3/h4-12,18H,1H2,2-3H3. The van der Waals surface area contributed by atoms with E-state index in [0.717, 1.165) is 22.3 Å². The molecule has 1 heteroatoms. The molecule has 92 valence electrons. The summed E-state index contributed by atoms with van der Waals surface area (Å²) in [6.07, 6.45) is 0. The lowest BCUT2D eigenvalue weighted by Gasteiger charge is -2.31. The van der Waals surface area contributed by atoms with Crippen molar-refractivity contribution in [3.63, 3.8) is 0 Å². The van der Waals surface area contributed by atoms with Gasteiger partial charge in [0.05, 0.1) is 0 Å². The van der Waals surface area contributed by atoms with Crippen molar-refractivity contribution in [1.29, 1.82) is 0 Å². The molecule has 0 aliphatic rings. The van der Waals surface area contributed by atoms with Crippen LogP contribution in [0.15, 0.2) is 66.7 Å². The molecule has 0 amide bonds. The predicted octanol–water partition coefficient (Wildman–Crippen LogP) is 3.81. The Labute approximate surface area is 108 Å². The molecule has 1 N–H and O–H groups in total. The Hall–Kier alpha value is -1.86. The van der Waals surface area contributed by atoms with Gasteiger partial charge in [0.1, 0.15) is 5.60 Å². The van der Waals surface area contributed by atoms with E-state index in [1.807, 2.05) is 68.4 Å². The van der Waals surface area contributed by atoms with Crippen LogP contribution in [-0.4, -0.2) is 5.11 Å². The van der Waals surface area contributed by atoms with Gasteiger partial charge in [-0.2, -0.15) is 0 Å². The monoisotopic (exact) mass is 238 g/mol. The number of aryl methyl sites for hydroxylation is 1. The van der Waals surface area contributed by atoms with Crippen LogP contribution in [0.5, 0.6) is 0 Å². The van der Waals surface area contributed by atoms with E-state index in [4.69, 9.17) is 0 Å². The Morgan fingerprint density at radius 2 is 1.56 bits per heavy atom.